The second-order valence-corrected chi connectivity index (χ2v) is 10.4. The van der Waals surface area contributed by atoms with Gasteiger partial charge in [0.1, 0.15) is 12.6 Å². The van der Waals surface area contributed by atoms with Crippen LogP contribution in [0.1, 0.15) is 51.2 Å². The maximum absolute atomic E-state index is 13.4. The number of amides is 2. The number of benzene rings is 2. The third-order valence-electron chi connectivity index (χ3n) is 7.65. The van der Waals surface area contributed by atoms with Gasteiger partial charge < -0.3 is 20.1 Å². The molecule has 4 rings (SSSR count). The van der Waals surface area contributed by atoms with Crippen LogP contribution in [0.2, 0.25) is 0 Å². The normalized spacial score (nSPS) is 20.0. The van der Waals surface area contributed by atoms with Gasteiger partial charge in [0, 0.05) is 19.0 Å². The minimum absolute atomic E-state index is 0.0680. The number of aliphatic carboxylic acids is 1. The van der Waals surface area contributed by atoms with Crippen LogP contribution in [0.5, 0.6) is 0 Å². The van der Waals surface area contributed by atoms with E-state index in [-0.39, 0.29) is 30.9 Å². The molecular formula is C28H34N2O5. The van der Waals surface area contributed by atoms with E-state index in [0.29, 0.717) is 13.0 Å². The van der Waals surface area contributed by atoms with Gasteiger partial charge in [0.2, 0.25) is 5.91 Å². The molecule has 3 atom stereocenters. The molecule has 1 saturated heterocycles. The predicted molar refractivity (Wildman–Crippen MR) is 133 cm³/mol. The van der Waals surface area contributed by atoms with Gasteiger partial charge in [0.25, 0.3) is 0 Å². The van der Waals surface area contributed by atoms with E-state index in [9.17, 15) is 19.5 Å². The lowest BCUT2D eigenvalue weighted by Gasteiger charge is -2.28. The molecule has 2 N–H and O–H groups in total. The lowest BCUT2D eigenvalue weighted by Crippen LogP contribution is -2.51. The molecule has 2 unspecified atom stereocenters. The molecular weight excluding hydrogens is 444 g/mol. The highest BCUT2D eigenvalue weighted by Crippen LogP contribution is 2.44. The van der Waals surface area contributed by atoms with E-state index in [2.05, 4.69) is 29.6 Å². The number of carboxylic acids is 1. The molecule has 1 fully saturated rings. The number of likely N-dealkylation sites (tertiary alicyclic amines) is 1. The number of nitrogens with one attached hydrogen (secondary N) is 1. The van der Waals surface area contributed by atoms with E-state index in [1.54, 1.807) is 4.90 Å². The zero-order valence-electron chi connectivity index (χ0n) is 20.8. The van der Waals surface area contributed by atoms with Crippen molar-refractivity contribution >= 4 is 18.0 Å². The number of carboxylic acid groups (broad SMARTS) is 1. The lowest BCUT2D eigenvalue weighted by molar-refractivity contribution is -0.144. The van der Waals surface area contributed by atoms with Gasteiger partial charge in [0.15, 0.2) is 0 Å². The Bertz CT molecular complexity index is 1080. The van der Waals surface area contributed by atoms with E-state index in [4.69, 9.17) is 4.74 Å². The third-order valence-corrected chi connectivity index (χ3v) is 7.65. The SMILES string of the molecule is CCC(C)[C@H](NC(=O)OCC1c2ccccc2-c2ccccc21)C(=O)N1CC(C(=O)O)C(C)(C)C1. The van der Waals surface area contributed by atoms with Crippen molar-refractivity contribution < 1.29 is 24.2 Å². The molecule has 35 heavy (non-hydrogen) atoms. The van der Waals surface area contributed by atoms with Crippen LogP contribution >= 0.6 is 0 Å². The Hall–Kier alpha value is -3.35. The number of fused-ring (bicyclic) bond motifs is 3. The van der Waals surface area contributed by atoms with Crippen LogP contribution in [0.3, 0.4) is 0 Å². The standard InChI is InChI=1S/C28H34N2O5/c1-5-17(2)24(25(31)30-14-23(26(32)33)28(3,4)16-30)29-27(34)35-15-22-20-12-8-6-10-18(20)19-11-7-9-13-21(19)22/h6-13,17,22-24H,5,14-16H2,1-4H3,(H,29,34)(H,32,33)/t17?,23?,24-/m0/s1. The van der Waals surface area contributed by atoms with Crippen molar-refractivity contribution in [2.75, 3.05) is 19.7 Å². The number of carbonyl (C=O) groups excluding carboxylic acids is 2. The molecule has 0 bridgehead atoms. The minimum Gasteiger partial charge on any atom is -0.481 e. The average Bonchev–Trinajstić information content (AvgIpc) is 3.34. The number of rotatable bonds is 7. The van der Waals surface area contributed by atoms with Crippen molar-refractivity contribution in [2.24, 2.45) is 17.3 Å². The third kappa shape index (κ3) is 4.77. The second kappa shape index (κ2) is 9.72. The summed E-state index contributed by atoms with van der Waals surface area (Å²) in [6, 6.07) is 15.5. The quantitative estimate of drug-likeness (QED) is 0.611. The number of hydrogen-bond donors (Lipinski definition) is 2. The summed E-state index contributed by atoms with van der Waals surface area (Å²) in [5, 5.41) is 12.4. The first kappa shape index (κ1) is 24.8. The number of alkyl carbamates (subject to hydrolysis) is 1. The summed E-state index contributed by atoms with van der Waals surface area (Å²) in [5.41, 5.74) is 4.00. The zero-order valence-corrected chi connectivity index (χ0v) is 20.8. The van der Waals surface area contributed by atoms with Crippen LogP contribution in [0.4, 0.5) is 4.79 Å². The highest BCUT2D eigenvalue weighted by Gasteiger charge is 2.47. The molecule has 2 aliphatic rings. The Morgan fingerprint density at radius 2 is 1.66 bits per heavy atom. The monoisotopic (exact) mass is 478 g/mol. The predicted octanol–water partition coefficient (Wildman–Crippen LogP) is 4.51. The summed E-state index contributed by atoms with van der Waals surface area (Å²) in [5.74, 6) is -2.00. The van der Waals surface area contributed by atoms with Crippen LogP contribution in [0.25, 0.3) is 11.1 Å². The molecule has 7 nitrogen and oxygen atoms in total. The molecule has 7 heteroatoms. The Morgan fingerprint density at radius 3 is 2.17 bits per heavy atom. The average molecular weight is 479 g/mol. The Labute approximate surface area is 206 Å². The van der Waals surface area contributed by atoms with Crippen molar-refractivity contribution in [3.63, 3.8) is 0 Å². The zero-order chi connectivity index (χ0) is 25.3. The van der Waals surface area contributed by atoms with Crippen molar-refractivity contribution in [2.45, 2.75) is 46.1 Å². The van der Waals surface area contributed by atoms with Gasteiger partial charge in [0.05, 0.1) is 5.92 Å². The maximum atomic E-state index is 13.4. The molecule has 0 spiro atoms. The fourth-order valence-corrected chi connectivity index (χ4v) is 5.36. The highest BCUT2D eigenvalue weighted by atomic mass is 16.5. The summed E-state index contributed by atoms with van der Waals surface area (Å²) in [6.45, 7) is 8.22. The van der Waals surface area contributed by atoms with Crippen LogP contribution in [-0.4, -0.2) is 53.7 Å². The van der Waals surface area contributed by atoms with Crippen LogP contribution in [0, 0.1) is 17.3 Å². The molecule has 2 aromatic carbocycles. The molecule has 2 amide bonds. The molecule has 0 saturated carbocycles. The van der Waals surface area contributed by atoms with Gasteiger partial charge in [-0.25, -0.2) is 4.79 Å². The molecule has 0 aromatic heterocycles. The Morgan fingerprint density at radius 1 is 1.09 bits per heavy atom. The molecule has 1 heterocycles. The van der Waals surface area contributed by atoms with E-state index >= 15 is 0 Å². The number of nitrogens with zero attached hydrogens (tertiary/aromatic N) is 1. The maximum Gasteiger partial charge on any atom is 0.407 e. The van der Waals surface area contributed by atoms with E-state index in [1.807, 2.05) is 52.0 Å². The summed E-state index contributed by atoms with van der Waals surface area (Å²) in [7, 11) is 0. The highest BCUT2D eigenvalue weighted by molar-refractivity contribution is 5.87. The number of ether oxygens (including phenoxy) is 1. The number of hydrogen-bond acceptors (Lipinski definition) is 4. The topological polar surface area (TPSA) is 95.9 Å². The molecule has 1 aliphatic carbocycles. The Balaban J connectivity index is 1.45. The summed E-state index contributed by atoms with van der Waals surface area (Å²) in [6.07, 6.45) is 0.0402. The molecule has 186 valence electrons. The van der Waals surface area contributed by atoms with Gasteiger partial charge in [-0.15, -0.1) is 0 Å². The van der Waals surface area contributed by atoms with Gasteiger partial charge in [-0.3, -0.25) is 9.59 Å². The van der Waals surface area contributed by atoms with Crippen molar-refractivity contribution in [1.29, 1.82) is 0 Å². The smallest absolute Gasteiger partial charge is 0.407 e. The Kier molecular flexibility index (Phi) is 6.88. The van der Waals surface area contributed by atoms with Crippen molar-refractivity contribution in [3.8, 4) is 11.1 Å². The van der Waals surface area contributed by atoms with Crippen LogP contribution in [-0.2, 0) is 14.3 Å². The summed E-state index contributed by atoms with van der Waals surface area (Å²) >= 11 is 0. The summed E-state index contributed by atoms with van der Waals surface area (Å²) in [4.78, 5) is 39.5. The lowest BCUT2D eigenvalue weighted by atomic mass is 9.82. The van der Waals surface area contributed by atoms with Gasteiger partial charge >= 0.3 is 12.1 Å². The first-order valence-corrected chi connectivity index (χ1v) is 12.3. The second-order valence-electron chi connectivity index (χ2n) is 10.4. The largest absolute Gasteiger partial charge is 0.481 e. The van der Waals surface area contributed by atoms with Crippen LogP contribution in [0.15, 0.2) is 48.5 Å². The molecule has 0 radical (unpaired) electrons. The van der Waals surface area contributed by atoms with E-state index in [0.717, 1.165) is 22.3 Å². The summed E-state index contributed by atoms with van der Waals surface area (Å²) < 4.78 is 5.66. The van der Waals surface area contributed by atoms with Crippen LogP contribution < -0.4 is 5.32 Å². The van der Waals surface area contributed by atoms with E-state index in [1.165, 1.54) is 0 Å². The van der Waals surface area contributed by atoms with Crippen molar-refractivity contribution in [3.05, 3.63) is 59.7 Å². The molecule has 1 aliphatic heterocycles. The fourth-order valence-electron chi connectivity index (χ4n) is 5.36. The van der Waals surface area contributed by atoms with Crippen molar-refractivity contribution in [1.82, 2.24) is 10.2 Å². The van der Waals surface area contributed by atoms with E-state index < -0.39 is 29.4 Å². The van der Waals surface area contributed by atoms with Gasteiger partial charge in [-0.05, 0) is 33.6 Å². The number of carbonyl (C=O) groups is 3. The van der Waals surface area contributed by atoms with Gasteiger partial charge in [-0.1, -0.05) is 82.6 Å². The first-order valence-electron chi connectivity index (χ1n) is 12.3. The van der Waals surface area contributed by atoms with Gasteiger partial charge in [-0.2, -0.15) is 0 Å². The fraction of sp³-hybridized carbons (Fsp3) is 0.464. The minimum atomic E-state index is -0.908. The molecule has 2 aromatic rings. The first-order chi connectivity index (χ1) is 16.6.